The van der Waals surface area contributed by atoms with Crippen LogP contribution in [0, 0.1) is 6.92 Å². The molecule has 5 heteroatoms. The number of thioether (sulfide) groups is 1. The minimum atomic E-state index is -0.0313. The molecular weight excluding hydrogens is 332 g/mol. The quantitative estimate of drug-likeness (QED) is 0.665. The molecule has 0 bridgehead atoms. The maximum Gasteiger partial charge on any atom is 0.234 e. The molecule has 0 aliphatic rings. The van der Waals surface area contributed by atoms with Gasteiger partial charge >= 0.3 is 0 Å². The third-order valence-electron chi connectivity index (χ3n) is 3.68. The van der Waals surface area contributed by atoms with Crippen LogP contribution in [0.3, 0.4) is 0 Å². The van der Waals surface area contributed by atoms with E-state index in [1.165, 1.54) is 11.8 Å². The van der Waals surface area contributed by atoms with Crippen LogP contribution in [0.2, 0.25) is 0 Å². The normalized spacial score (nSPS) is 10.3. The van der Waals surface area contributed by atoms with Crippen LogP contribution < -0.4 is 10.6 Å². The first-order valence-corrected chi connectivity index (χ1v) is 9.45. The number of hydrogen-bond donors (Lipinski definition) is 2. The lowest BCUT2D eigenvalue weighted by atomic mass is 10.2. The summed E-state index contributed by atoms with van der Waals surface area (Å²) >= 11 is 1.47. The molecule has 0 saturated heterocycles. The number of unbranched alkanes of at least 4 members (excludes halogenated alkanes) is 1. The Morgan fingerprint density at radius 1 is 0.960 bits per heavy atom. The Morgan fingerprint density at radius 2 is 1.68 bits per heavy atom. The van der Waals surface area contributed by atoms with Gasteiger partial charge in [-0.05, 0) is 49.2 Å². The second-order valence-electron chi connectivity index (χ2n) is 5.83. The van der Waals surface area contributed by atoms with Gasteiger partial charge in [0.1, 0.15) is 0 Å². The number of anilines is 2. The van der Waals surface area contributed by atoms with Crippen molar-refractivity contribution in [3.05, 3.63) is 54.1 Å². The molecule has 0 aliphatic heterocycles. The minimum absolute atomic E-state index is 0.0313. The number of rotatable bonds is 8. The van der Waals surface area contributed by atoms with E-state index in [9.17, 15) is 9.59 Å². The van der Waals surface area contributed by atoms with Crippen molar-refractivity contribution in [2.75, 3.05) is 16.4 Å². The van der Waals surface area contributed by atoms with Crippen molar-refractivity contribution in [2.45, 2.75) is 38.0 Å². The van der Waals surface area contributed by atoms with Gasteiger partial charge in [0, 0.05) is 22.7 Å². The molecule has 2 rings (SSSR count). The van der Waals surface area contributed by atoms with Crippen molar-refractivity contribution in [1.29, 1.82) is 0 Å². The molecule has 2 aromatic rings. The number of carbonyl (C=O) groups excluding carboxylic acids is 2. The molecule has 0 radical (unpaired) electrons. The Hall–Kier alpha value is -2.27. The summed E-state index contributed by atoms with van der Waals surface area (Å²) in [4.78, 5) is 24.8. The molecule has 2 N–H and O–H groups in total. The van der Waals surface area contributed by atoms with Crippen LogP contribution in [0.4, 0.5) is 11.4 Å². The lowest BCUT2D eigenvalue weighted by Gasteiger charge is -2.08. The largest absolute Gasteiger partial charge is 0.326 e. The Morgan fingerprint density at radius 3 is 2.36 bits per heavy atom. The number of carbonyl (C=O) groups is 2. The third-order valence-corrected chi connectivity index (χ3v) is 4.70. The van der Waals surface area contributed by atoms with Crippen LogP contribution in [-0.4, -0.2) is 17.6 Å². The summed E-state index contributed by atoms with van der Waals surface area (Å²) in [5.41, 5.74) is 2.68. The number of aryl methyl sites for hydroxylation is 1. The van der Waals surface area contributed by atoms with Crippen LogP contribution >= 0.6 is 11.8 Å². The topological polar surface area (TPSA) is 58.2 Å². The zero-order chi connectivity index (χ0) is 18.1. The van der Waals surface area contributed by atoms with Crippen LogP contribution in [-0.2, 0) is 9.59 Å². The van der Waals surface area contributed by atoms with Gasteiger partial charge in [0.25, 0.3) is 0 Å². The van der Waals surface area contributed by atoms with Crippen molar-refractivity contribution in [3.63, 3.8) is 0 Å². The highest BCUT2D eigenvalue weighted by molar-refractivity contribution is 8.00. The molecule has 132 valence electrons. The smallest absolute Gasteiger partial charge is 0.234 e. The fourth-order valence-electron chi connectivity index (χ4n) is 2.24. The second-order valence-corrected chi connectivity index (χ2v) is 6.88. The molecule has 0 aliphatic carbocycles. The maximum absolute atomic E-state index is 12.1. The van der Waals surface area contributed by atoms with Crippen molar-refractivity contribution in [3.8, 4) is 0 Å². The standard InChI is InChI=1S/C20H24N2O2S/c1-3-4-9-19(23)21-16-10-12-17(13-11-16)25-14-20(24)22-18-8-6-5-7-15(18)2/h5-8,10-13H,3-4,9,14H2,1-2H3,(H,21,23)(H,22,24). The van der Waals surface area contributed by atoms with Crippen molar-refractivity contribution < 1.29 is 9.59 Å². The first-order chi connectivity index (χ1) is 12.1. The summed E-state index contributed by atoms with van der Waals surface area (Å²) in [6, 6.07) is 15.3. The Kier molecular flexibility index (Phi) is 7.54. The SMILES string of the molecule is CCCCC(=O)Nc1ccc(SCC(=O)Nc2ccccc2C)cc1. The van der Waals surface area contributed by atoms with Crippen LogP contribution in [0.25, 0.3) is 0 Å². The van der Waals surface area contributed by atoms with Gasteiger partial charge < -0.3 is 10.6 Å². The number of para-hydroxylation sites is 1. The average molecular weight is 356 g/mol. The fourth-order valence-corrected chi connectivity index (χ4v) is 2.94. The lowest BCUT2D eigenvalue weighted by Crippen LogP contribution is -2.14. The average Bonchev–Trinajstić information content (AvgIpc) is 2.61. The highest BCUT2D eigenvalue weighted by Crippen LogP contribution is 2.21. The van der Waals surface area contributed by atoms with Crippen molar-refractivity contribution in [1.82, 2.24) is 0 Å². The van der Waals surface area contributed by atoms with Gasteiger partial charge in [-0.1, -0.05) is 31.5 Å². The number of nitrogens with one attached hydrogen (secondary N) is 2. The predicted molar refractivity (Wildman–Crippen MR) is 105 cm³/mol. The van der Waals surface area contributed by atoms with Gasteiger partial charge in [0.15, 0.2) is 0 Å². The first kappa shape index (κ1) is 19.1. The summed E-state index contributed by atoms with van der Waals surface area (Å²) < 4.78 is 0. The molecule has 0 unspecified atom stereocenters. The van der Waals surface area contributed by atoms with E-state index < -0.39 is 0 Å². The molecule has 25 heavy (non-hydrogen) atoms. The maximum atomic E-state index is 12.1. The van der Waals surface area contributed by atoms with Gasteiger partial charge in [-0.3, -0.25) is 9.59 Å². The molecule has 0 spiro atoms. The van der Waals surface area contributed by atoms with Gasteiger partial charge in [0.2, 0.25) is 11.8 Å². The van der Waals surface area contributed by atoms with E-state index in [4.69, 9.17) is 0 Å². The van der Waals surface area contributed by atoms with Crippen LogP contribution in [0.5, 0.6) is 0 Å². The molecule has 0 heterocycles. The van der Waals surface area contributed by atoms with E-state index in [1.54, 1.807) is 0 Å². The van der Waals surface area contributed by atoms with E-state index >= 15 is 0 Å². The molecule has 4 nitrogen and oxygen atoms in total. The third kappa shape index (κ3) is 6.63. The van der Waals surface area contributed by atoms with Gasteiger partial charge in [-0.15, -0.1) is 11.8 Å². The highest BCUT2D eigenvalue weighted by Gasteiger charge is 2.06. The summed E-state index contributed by atoms with van der Waals surface area (Å²) in [6.45, 7) is 4.03. The van der Waals surface area contributed by atoms with E-state index in [2.05, 4.69) is 17.6 Å². The number of hydrogen-bond acceptors (Lipinski definition) is 3. The van der Waals surface area contributed by atoms with E-state index in [0.29, 0.717) is 12.2 Å². The van der Waals surface area contributed by atoms with Gasteiger partial charge in [-0.2, -0.15) is 0 Å². The van der Waals surface area contributed by atoms with Crippen LogP contribution in [0.15, 0.2) is 53.4 Å². The zero-order valence-electron chi connectivity index (χ0n) is 14.7. The van der Waals surface area contributed by atoms with E-state index in [0.717, 1.165) is 34.7 Å². The van der Waals surface area contributed by atoms with E-state index in [1.807, 2.05) is 55.5 Å². The van der Waals surface area contributed by atoms with Gasteiger partial charge in [0.05, 0.1) is 5.75 Å². The summed E-state index contributed by atoms with van der Waals surface area (Å²) in [5.74, 6) is 0.354. The Labute approximate surface area is 153 Å². The molecule has 0 saturated carbocycles. The van der Waals surface area contributed by atoms with Gasteiger partial charge in [-0.25, -0.2) is 0 Å². The monoisotopic (exact) mass is 356 g/mol. The molecule has 2 amide bonds. The van der Waals surface area contributed by atoms with Crippen molar-refractivity contribution >= 4 is 35.0 Å². The summed E-state index contributed by atoms with van der Waals surface area (Å²) in [7, 11) is 0. The highest BCUT2D eigenvalue weighted by atomic mass is 32.2. The molecular formula is C20H24N2O2S. The number of benzene rings is 2. The predicted octanol–water partition coefficient (Wildman–Crippen LogP) is 4.85. The van der Waals surface area contributed by atoms with Crippen LogP contribution in [0.1, 0.15) is 31.7 Å². The van der Waals surface area contributed by atoms with Crippen molar-refractivity contribution in [2.24, 2.45) is 0 Å². The zero-order valence-corrected chi connectivity index (χ0v) is 15.5. The first-order valence-electron chi connectivity index (χ1n) is 8.46. The Bertz CT molecular complexity index is 714. The summed E-state index contributed by atoms with van der Waals surface area (Å²) in [5, 5.41) is 5.80. The Balaban J connectivity index is 1.80. The molecule has 0 atom stereocenters. The molecule has 0 aromatic heterocycles. The summed E-state index contributed by atoms with van der Waals surface area (Å²) in [6.07, 6.45) is 2.45. The molecule has 0 fully saturated rings. The second kappa shape index (κ2) is 9.89. The minimum Gasteiger partial charge on any atom is -0.326 e. The number of amides is 2. The van der Waals surface area contributed by atoms with E-state index in [-0.39, 0.29) is 11.8 Å². The fraction of sp³-hybridized carbons (Fsp3) is 0.300. The lowest BCUT2D eigenvalue weighted by molar-refractivity contribution is -0.116. The molecule has 2 aromatic carbocycles.